The van der Waals surface area contributed by atoms with Gasteiger partial charge in [0.05, 0.1) is 0 Å². The van der Waals surface area contributed by atoms with Crippen molar-refractivity contribution in [2.75, 3.05) is 11.9 Å². The van der Waals surface area contributed by atoms with Gasteiger partial charge in [-0.2, -0.15) is 0 Å². The van der Waals surface area contributed by atoms with Gasteiger partial charge in [-0.25, -0.2) is 4.98 Å². The molecule has 30 heavy (non-hydrogen) atoms. The lowest BCUT2D eigenvalue weighted by Crippen LogP contribution is -2.27. The van der Waals surface area contributed by atoms with E-state index in [-0.39, 0.29) is 18.4 Å². The Morgan fingerprint density at radius 2 is 1.97 bits per heavy atom. The van der Waals surface area contributed by atoms with E-state index in [0.717, 1.165) is 5.56 Å². The highest BCUT2D eigenvalue weighted by Crippen LogP contribution is 2.19. The lowest BCUT2D eigenvalue weighted by Gasteiger charge is -2.19. The topological polar surface area (TPSA) is 71.5 Å². The molecular weight excluding hydrogens is 422 g/mol. The molecule has 0 atom stereocenters. The summed E-state index contributed by atoms with van der Waals surface area (Å²) in [5.41, 5.74) is 1.93. The van der Waals surface area contributed by atoms with Crippen molar-refractivity contribution in [2.45, 2.75) is 27.0 Å². The van der Waals surface area contributed by atoms with Gasteiger partial charge in [0, 0.05) is 36.1 Å². The molecule has 1 heterocycles. The summed E-state index contributed by atoms with van der Waals surface area (Å²) in [7, 11) is 0. The first-order valence-corrected chi connectivity index (χ1v) is 10.7. The molecule has 0 bridgehead atoms. The number of anilines is 1. The number of nitrogens with one attached hydrogen (secondary N) is 1. The number of benzene rings is 2. The average Bonchev–Trinajstić information content (AvgIpc) is 3.21. The average molecular weight is 444 g/mol. The van der Waals surface area contributed by atoms with E-state index in [9.17, 15) is 9.59 Å². The largest absolute Gasteiger partial charge is 0.486 e. The van der Waals surface area contributed by atoms with Gasteiger partial charge in [0.2, 0.25) is 5.91 Å². The first kappa shape index (κ1) is 21.8. The molecule has 2 aromatic carbocycles. The molecule has 1 N–H and O–H groups in total. The molecular formula is C22H22ClN3O3S. The summed E-state index contributed by atoms with van der Waals surface area (Å²) in [6.45, 7) is 4.88. The molecule has 0 fully saturated rings. The van der Waals surface area contributed by atoms with Gasteiger partial charge in [-0.1, -0.05) is 23.7 Å². The zero-order chi connectivity index (χ0) is 21.5. The Hall–Kier alpha value is -2.90. The summed E-state index contributed by atoms with van der Waals surface area (Å²) in [6, 6.07) is 14.5. The minimum Gasteiger partial charge on any atom is -0.486 e. The van der Waals surface area contributed by atoms with Crippen LogP contribution in [0.5, 0.6) is 5.75 Å². The molecule has 2 amide bonds. The number of amides is 2. The van der Waals surface area contributed by atoms with Crippen molar-refractivity contribution in [3.8, 4) is 5.75 Å². The number of aromatic nitrogens is 1. The van der Waals surface area contributed by atoms with Crippen LogP contribution in [0.15, 0.2) is 53.9 Å². The third kappa shape index (κ3) is 6.05. The number of thiazole rings is 1. The van der Waals surface area contributed by atoms with Gasteiger partial charge in [-0.3, -0.25) is 9.59 Å². The highest BCUT2D eigenvalue weighted by atomic mass is 35.5. The third-order valence-corrected chi connectivity index (χ3v) is 5.42. The van der Waals surface area contributed by atoms with E-state index in [4.69, 9.17) is 16.3 Å². The molecule has 0 aliphatic carbocycles. The van der Waals surface area contributed by atoms with Crippen LogP contribution in [0.2, 0.25) is 5.02 Å². The Kier molecular flexibility index (Phi) is 7.43. The van der Waals surface area contributed by atoms with Gasteiger partial charge in [-0.05, 0) is 48.9 Å². The number of rotatable bonds is 8. The molecule has 3 rings (SSSR count). The van der Waals surface area contributed by atoms with E-state index < -0.39 is 0 Å². The molecule has 1 aromatic heterocycles. The van der Waals surface area contributed by atoms with Crippen LogP contribution in [0.25, 0.3) is 0 Å². The Labute approximate surface area is 184 Å². The molecule has 0 radical (unpaired) electrons. The van der Waals surface area contributed by atoms with Crippen LogP contribution in [0.3, 0.4) is 0 Å². The number of carbonyl (C=O) groups is 2. The lowest BCUT2D eigenvalue weighted by molar-refractivity contribution is -0.129. The molecule has 0 saturated carbocycles. The summed E-state index contributed by atoms with van der Waals surface area (Å²) in [5, 5.41) is 5.90. The maximum atomic E-state index is 12.6. The fourth-order valence-electron chi connectivity index (χ4n) is 2.77. The highest BCUT2D eigenvalue weighted by Gasteiger charge is 2.13. The predicted octanol–water partition coefficient (Wildman–Crippen LogP) is 5.00. The quantitative estimate of drug-likeness (QED) is 0.532. The SMILES string of the molecule is CCN(Cc1cccc(NC(=O)c2csc(COc3ccc(Cl)cc3)n2)c1)C(C)=O. The molecule has 8 heteroatoms. The fourth-order valence-corrected chi connectivity index (χ4v) is 3.58. The highest BCUT2D eigenvalue weighted by molar-refractivity contribution is 7.09. The Morgan fingerprint density at radius 3 is 2.67 bits per heavy atom. The number of nitrogens with zero attached hydrogens (tertiary/aromatic N) is 2. The molecule has 0 saturated heterocycles. The van der Waals surface area contributed by atoms with Gasteiger partial charge in [0.1, 0.15) is 23.1 Å². The van der Waals surface area contributed by atoms with Gasteiger partial charge >= 0.3 is 0 Å². The van der Waals surface area contributed by atoms with E-state index in [2.05, 4.69) is 10.3 Å². The number of hydrogen-bond donors (Lipinski definition) is 1. The van der Waals surface area contributed by atoms with Crippen LogP contribution >= 0.6 is 22.9 Å². The van der Waals surface area contributed by atoms with Crippen LogP contribution < -0.4 is 10.1 Å². The second kappa shape index (κ2) is 10.2. The Morgan fingerprint density at radius 1 is 1.20 bits per heavy atom. The van der Waals surface area contributed by atoms with Crippen LogP contribution in [-0.4, -0.2) is 28.2 Å². The van der Waals surface area contributed by atoms with Gasteiger partial charge < -0.3 is 15.0 Å². The van der Waals surface area contributed by atoms with E-state index in [0.29, 0.717) is 40.3 Å². The number of hydrogen-bond acceptors (Lipinski definition) is 5. The number of carbonyl (C=O) groups excluding carboxylic acids is 2. The van der Waals surface area contributed by atoms with E-state index in [1.54, 1.807) is 41.5 Å². The summed E-state index contributed by atoms with van der Waals surface area (Å²) >= 11 is 7.22. The normalized spacial score (nSPS) is 10.5. The summed E-state index contributed by atoms with van der Waals surface area (Å²) in [4.78, 5) is 30.3. The van der Waals surface area contributed by atoms with Crippen molar-refractivity contribution in [1.29, 1.82) is 0 Å². The molecule has 0 aliphatic heterocycles. The zero-order valence-corrected chi connectivity index (χ0v) is 18.3. The van der Waals surface area contributed by atoms with Crippen molar-refractivity contribution < 1.29 is 14.3 Å². The fraction of sp³-hybridized carbons (Fsp3) is 0.227. The molecule has 3 aromatic rings. The van der Waals surface area contributed by atoms with Gasteiger partial charge in [0.25, 0.3) is 5.91 Å². The molecule has 0 spiro atoms. The maximum Gasteiger partial charge on any atom is 0.275 e. The first-order valence-electron chi connectivity index (χ1n) is 9.43. The van der Waals surface area contributed by atoms with Crippen molar-refractivity contribution in [2.24, 2.45) is 0 Å². The second-order valence-electron chi connectivity index (χ2n) is 6.56. The van der Waals surface area contributed by atoms with Crippen LogP contribution in [0, 0.1) is 0 Å². The van der Waals surface area contributed by atoms with Crippen LogP contribution in [-0.2, 0) is 17.9 Å². The first-order chi connectivity index (χ1) is 14.4. The second-order valence-corrected chi connectivity index (χ2v) is 7.94. The summed E-state index contributed by atoms with van der Waals surface area (Å²) in [5.74, 6) is 0.409. The lowest BCUT2D eigenvalue weighted by atomic mass is 10.2. The summed E-state index contributed by atoms with van der Waals surface area (Å²) < 4.78 is 5.67. The zero-order valence-electron chi connectivity index (χ0n) is 16.7. The smallest absolute Gasteiger partial charge is 0.275 e. The predicted molar refractivity (Wildman–Crippen MR) is 119 cm³/mol. The molecule has 0 aliphatic rings. The summed E-state index contributed by atoms with van der Waals surface area (Å²) in [6.07, 6.45) is 0. The van der Waals surface area contributed by atoms with Gasteiger partial charge in [-0.15, -0.1) is 11.3 Å². The van der Waals surface area contributed by atoms with Crippen molar-refractivity contribution in [3.05, 3.63) is 75.2 Å². The Bertz CT molecular complexity index is 1020. The van der Waals surface area contributed by atoms with Crippen LogP contribution in [0.1, 0.15) is 34.9 Å². The van der Waals surface area contributed by atoms with Crippen LogP contribution in [0.4, 0.5) is 5.69 Å². The van der Waals surface area contributed by atoms with Gasteiger partial charge in [0.15, 0.2) is 0 Å². The standard InChI is InChI=1S/C22H22ClN3O3S/c1-3-26(15(2)27)12-16-5-4-6-18(11-16)24-22(28)20-14-30-21(25-20)13-29-19-9-7-17(23)8-10-19/h4-11,14H,3,12-13H2,1-2H3,(H,24,28). The van der Waals surface area contributed by atoms with E-state index in [1.807, 2.05) is 31.2 Å². The minimum absolute atomic E-state index is 0.0164. The van der Waals surface area contributed by atoms with E-state index in [1.165, 1.54) is 11.3 Å². The minimum atomic E-state index is -0.292. The molecule has 6 nitrogen and oxygen atoms in total. The van der Waals surface area contributed by atoms with Crippen molar-refractivity contribution >= 4 is 40.4 Å². The maximum absolute atomic E-state index is 12.6. The third-order valence-electron chi connectivity index (χ3n) is 4.35. The van der Waals surface area contributed by atoms with E-state index >= 15 is 0 Å². The monoisotopic (exact) mass is 443 g/mol. The molecule has 0 unspecified atom stereocenters. The Balaban J connectivity index is 1.59. The molecule has 156 valence electrons. The number of halogens is 1. The number of ether oxygens (including phenoxy) is 1. The van der Waals surface area contributed by atoms with Crippen molar-refractivity contribution in [3.63, 3.8) is 0 Å². The van der Waals surface area contributed by atoms with Crippen molar-refractivity contribution in [1.82, 2.24) is 9.88 Å².